The summed E-state index contributed by atoms with van der Waals surface area (Å²) in [4.78, 5) is 35.2. The first-order chi connectivity index (χ1) is 20.0. The molecule has 1 aliphatic heterocycles. The van der Waals surface area contributed by atoms with Gasteiger partial charge in [-0.2, -0.15) is 15.7 Å². The molecule has 1 amide bonds. The summed E-state index contributed by atoms with van der Waals surface area (Å²) in [6.07, 6.45) is 5.44. The summed E-state index contributed by atoms with van der Waals surface area (Å²) in [7, 11) is 0. The van der Waals surface area contributed by atoms with Crippen LogP contribution < -0.4 is 16.4 Å². The van der Waals surface area contributed by atoms with Crippen LogP contribution in [0.3, 0.4) is 0 Å². The number of carbonyl (C=O) groups is 2. The average molecular weight is 553 g/mol. The molecule has 0 spiro atoms. The van der Waals surface area contributed by atoms with Crippen molar-refractivity contribution in [2.45, 2.75) is 38.2 Å². The summed E-state index contributed by atoms with van der Waals surface area (Å²) in [5.74, 6) is 6.55. The van der Waals surface area contributed by atoms with E-state index < -0.39 is 5.97 Å². The van der Waals surface area contributed by atoms with E-state index in [-0.39, 0.29) is 11.4 Å². The highest BCUT2D eigenvalue weighted by atomic mass is 16.7. The fourth-order valence-corrected chi connectivity index (χ4v) is 5.33. The van der Waals surface area contributed by atoms with Crippen molar-refractivity contribution in [3.63, 3.8) is 0 Å². The number of nitrogen functional groups attached to an aromatic ring is 1. The van der Waals surface area contributed by atoms with E-state index in [4.69, 9.17) is 21.4 Å². The second kappa shape index (κ2) is 11.4. The normalized spacial score (nSPS) is 15.5. The van der Waals surface area contributed by atoms with Crippen molar-refractivity contribution in [3.05, 3.63) is 89.6 Å². The van der Waals surface area contributed by atoms with Crippen molar-refractivity contribution in [3.8, 4) is 22.8 Å². The van der Waals surface area contributed by atoms with Crippen LogP contribution in [0.1, 0.15) is 53.1 Å². The fourth-order valence-electron chi connectivity index (χ4n) is 5.33. The number of hydrogen-bond donors (Lipinski definition) is 2. The van der Waals surface area contributed by atoms with Gasteiger partial charge in [-0.15, -0.1) is 0 Å². The van der Waals surface area contributed by atoms with E-state index in [0.717, 1.165) is 49.9 Å². The van der Waals surface area contributed by atoms with Gasteiger partial charge in [0.2, 0.25) is 5.91 Å². The Kier molecular flexibility index (Phi) is 7.39. The first-order valence-corrected chi connectivity index (χ1v) is 13.8. The van der Waals surface area contributed by atoms with E-state index in [1.807, 2.05) is 36.4 Å². The van der Waals surface area contributed by atoms with Gasteiger partial charge >= 0.3 is 5.97 Å². The standard InChI is InChI=1S/C31H32N6O4/c32-29-25(31(39)41-33)18-34-37(29)28-7-3-5-26(35-28)24-4-1-2-6-27(24)40-19-20-8-10-21(11-9-20)22-14-16-36(17-15-22)30(38)23-12-13-23/h1-11,18,22-23H,12-17,19,32-33H2. The Hall–Kier alpha value is -4.70. The van der Waals surface area contributed by atoms with Crippen LogP contribution in [-0.4, -0.2) is 44.6 Å². The largest absolute Gasteiger partial charge is 0.488 e. The van der Waals surface area contributed by atoms with Gasteiger partial charge in [-0.3, -0.25) is 4.79 Å². The van der Waals surface area contributed by atoms with Gasteiger partial charge in [0.1, 0.15) is 23.7 Å². The van der Waals surface area contributed by atoms with Crippen LogP contribution in [0.15, 0.2) is 72.9 Å². The number of likely N-dealkylation sites (tertiary alicyclic amines) is 1. The smallest absolute Gasteiger partial charge is 0.362 e. The minimum Gasteiger partial charge on any atom is -0.488 e. The lowest BCUT2D eigenvalue weighted by Gasteiger charge is -2.32. The molecule has 0 radical (unpaired) electrons. The molecule has 10 heteroatoms. The minimum absolute atomic E-state index is 0.0589. The van der Waals surface area contributed by atoms with Crippen LogP contribution in [0.25, 0.3) is 17.1 Å². The molecule has 0 atom stereocenters. The third kappa shape index (κ3) is 5.64. The van der Waals surface area contributed by atoms with Crippen molar-refractivity contribution in [2.75, 3.05) is 18.8 Å². The lowest BCUT2D eigenvalue weighted by atomic mass is 9.89. The zero-order valence-corrected chi connectivity index (χ0v) is 22.6. The third-order valence-corrected chi connectivity index (χ3v) is 7.83. The molecule has 2 fully saturated rings. The van der Waals surface area contributed by atoms with Crippen LogP contribution in [0.4, 0.5) is 5.82 Å². The molecule has 0 bridgehead atoms. The van der Waals surface area contributed by atoms with E-state index >= 15 is 0 Å². The Morgan fingerprint density at radius 1 is 0.927 bits per heavy atom. The number of hydrogen-bond acceptors (Lipinski definition) is 8. The zero-order chi connectivity index (χ0) is 28.3. The molecular weight excluding hydrogens is 520 g/mol. The summed E-state index contributed by atoms with van der Waals surface area (Å²) in [5.41, 5.74) is 10.0. The maximum atomic E-state index is 12.4. The van der Waals surface area contributed by atoms with Gasteiger partial charge < -0.3 is 20.2 Å². The highest BCUT2D eigenvalue weighted by molar-refractivity contribution is 5.94. The van der Waals surface area contributed by atoms with Crippen LogP contribution in [0.2, 0.25) is 0 Å². The first kappa shape index (κ1) is 26.5. The fraction of sp³-hybridized carbons (Fsp3) is 0.290. The van der Waals surface area contributed by atoms with Crippen molar-refractivity contribution < 1.29 is 19.2 Å². The number of aromatic nitrogens is 3. The summed E-state index contributed by atoms with van der Waals surface area (Å²) < 4.78 is 7.60. The van der Waals surface area contributed by atoms with Gasteiger partial charge in [0.25, 0.3) is 0 Å². The topological polar surface area (TPSA) is 139 Å². The highest BCUT2D eigenvalue weighted by Crippen LogP contribution is 2.35. The predicted octanol–water partition coefficient (Wildman–Crippen LogP) is 4.24. The summed E-state index contributed by atoms with van der Waals surface area (Å²) in [6, 6.07) is 21.7. The highest BCUT2D eigenvalue weighted by Gasteiger charge is 2.35. The Bertz CT molecular complexity index is 1560. The minimum atomic E-state index is -0.776. The maximum absolute atomic E-state index is 12.4. The van der Waals surface area contributed by atoms with Gasteiger partial charge in [0.05, 0.1) is 11.9 Å². The third-order valence-electron chi connectivity index (χ3n) is 7.83. The molecule has 3 heterocycles. The number of nitrogens with two attached hydrogens (primary N) is 2. The van der Waals surface area contributed by atoms with E-state index in [9.17, 15) is 9.59 Å². The number of anilines is 1. The molecule has 4 aromatic rings. The van der Waals surface area contributed by atoms with E-state index in [1.165, 1.54) is 16.4 Å². The molecule has 6 rings (SSSR count). The Morgan fingerprint density at radius 2 is 1.68 bits per heavy atom. The van der Waals surface area contributed by atoms with Gasteiger partial charge in [-0.1, -0.05) is 42.5 Å². The quantitative estimate of drug-likeness (QED) is 0.310. The summed E-state index contributed by atoms with van der Waals surface area (Å²) >= 11 is 0. The number of amides is 1. The molecule has 2 aromatic heterocycles. The average Bonchev–Trinajstić information content (AvgIpc) is 3.81. The molecule has 1 saturated heterocycles. The monoisotopic (exact) mass is 552 g/mol. The molecular formula is C31H32N6O4. The molecule has 1 aliphatic carbocycles. The zero-order valence-electron chi connectivity index (χ0n) is 22.6. The molecule has 41 heavy (non-hydrogen) atoms. The molecule has 2 aliphatic rings. The number of nitrogens with zero attached hydrogens (tertiary/aromatic N) is 4. The van der Waals surface area contributed by atoms with Gasteiger partial charge in [0.15, 0.2) is 5.82 Å². The maximum Gasteiger partial charge on any atom is 0.362 e. The Morgan fingerprint density at radius 3 is 2.41 bits per heavy atom. The number of para-hydroxylation sites is 1. The van der Waals surface area contributed by atoms with Crippen LogP contribution in [0.5, 0.6) is 5.75 Å². The second-order valence-corrected chi connectivity index (χ2v) is 10.5. The molecule has 1 saturated carbocycles. The number of benzene rings is 2. The SMILES string of the molecule is NOC(=O)c1cnn(-c2cccc(-c3ccccc3OCc3ccc(C4CCN(C(=O)C5CC5)CC4)cc3)n2)c1N. The molecule has 10 nitrogen and oxygen atoms in total. The van der Waals surface area contributed by atoms with E-state index in [2.05, 4.69) is 39.1 Å². The van der Waals surface area contributed by atoms with Crippen LogP contribution in [-0.2, 0) is 16.2 Å². The summed E-state index contributed by atoms with van der Waals surface area (Å²) in [5, 5.41) is 4.17. The van der Waals surface area contributed by atoms with Crippen molar-refractivity contribution in [1.29, 1.82) is 0 Å². The lowest BCUT2D eigenvalue weighted by Crippen LogP contribution is -2.38. The number of carbonyl (C=O) groups excluding carboxylic acids is 2. The molecule has 210 valence electrons. The van der Waals surface area contributed by atoms with E-state index in [1.54, 1.807) is 6.07 Å². The molecule has 0 unspecified atom stereocenters. The van der Waals surface area contributed by atoms with Gasteiger partial charge in [0, 0.05) is 24.6 Å². The van der Waals surface area contributed by atoms with Crippen molar-refractivity contribution in [2.24, 2.45) is 11.8 Å². The molecule has 4 N–H and O–H groups in total. The summed E-state index contributed by atoms with van der Waals surface area (Å²) in [6.45, 7) is 2.11. The van der Waals surface area contributed by atoms with E-state index in [0.29, 0.717) is 41.6 Å². The predicted molar refractivity (Wildman–Crippen MR) is 153 cm³/mol. The van der Waals surface area contributed by atoms with Crippen LogP contribution >= 0.6 is 0 Å². The van der Waals surface area contributed by atoms with Gasteiger partial charge in [-0.25, -0.2) is 9.78 Å². The lowest BCUT2D eigenvalue weighted by molar-refractivity contribution is -0.133. The van der Waals surface area contributed by atoms with Crippen molar-refractivity contribution in [1.82, 2.24) is 19.7 Å². The number of piperidine rings is 1. The first-order valence-electron chi connectivity index (χ1n) is 13.8. The van der Waals surface area contributed by atoms with Crippen LogP contribution in [0, 0.1) is 5.92 Å². The number of pyridine rings is 1. The Balaban J connectivity index is 1.12. The molecule has 2 aromatic carbocycles. The second-order valence-electron chi connectivity index (χ2n) is 10.5. The van der Waals surface area contributed by atoms with Crippen molar-refractivity contribution >= 4 is 17.7 Å². The Labute approximate surface area is 237 Å². The van der Waals surface area contributed by atoms with Gasteiger partial charge in [-0.05, 0) is 67.0 Å². The number of rotatable bonds is 8. The number of ether oxygens (including phenoxy) is 1.